The smallest absolute Gasteiger partial charge is 0.111 e. The summed E-state index contributed by atoms with van der Waals surface area (Å²) in [5, 5.41) is 38.7. The third kappa shape index (κ3) is 3.62. The molecule has 5 heteroatoms. The zero-order chi connectivity index (χ0) is 15.6. The molecule has 5 atom stereocenters. The van der Waals surface area contributed by atoms with Crippen molar-refractivity contribution in [3.8, 4) is 0 Å². The molecule has 2 rings (SSSR count). The second kappa shape index (κ2) is 6.85. The average Bonchev–Trinajstić information content (AvgIpc) is 2.48. The lowest BCUT2D eigenvalue weighted by Crippen LogP contribution is -2.58. The number of benzene rings is 1. The fourth-order valence-electron chi connectivity index (χ4n) is 2.62. The molecule has 0 spiro atoms. The first-order valence-electron chi connectivity index (χ1n) is 7.33. The summed E-state index contributed by atoms with van der Waals surface area (Å²) in [7, 11) is 0. The number of ether oxygens (including phenoxy) is 1. The standard InChI is InChI=1S/C16H24O5/c1-9(2)11-5-3-10(4-6-11)7-12-14(18)16(20)15(19)13(8-17)21-12/h3-6,9,12-20H,7-8H2,1-2H3. The van der Waals surface area contributed by atoms with Gasteiger partial charge < -0.3 is 25.2 Å². The van der Waals surface area contributed by atoms with Gasteiger partial charge in [0.25, 0.3) is 0 Å². The molecule has 0 aromatic heterocycles. The molecular formula is C16H24O5. The highest BCUT2D eigenvalue weighted by Gasteiger charge is 2.43. The van der Waals surface area contributed by atoms with E-state index in [0.717, 1.165) is 5.56 Å². The van der Waals surface area contributed by atoms with Crippen molar-refractivity contribution in [2.75, 3.05) is 6.61 Å². The van der Waals surface area contributed by atoms with Crippen molar-refractivity contribution in [1.29, 1.82) is 0 Å². The minimum absolute atomic E-state index is 0.395. The lowest BCUT2D eigenvalue weighted by molar-refractivity contribution is -0.228. The molecule has 0 amide bonds. The number of aliphatic hydroxyl groups is 4. The molecule has 1 saturated heterocycles. The molecule has 1 heterocycles. The molecule has 5 nitrogen and oxygen atoms in total. The highest BCUT2D eigenvalue weighted by molar-refractivity contribution is 5.25. The average molecular weight is 296 g/mol. The Bertz CT molecular complexity index is 442. The molecule has 5 unspecified atom stereocenters. The van der Waals surface area contributed by atoms with Gasteiger partial charge in [0.15, 0.2) is 0 Å². The number of hydrogen-bond donors (Lipinski definition) is 4. The lowest BCUT2D eigenvalue weighted by atomic mass is 9.91. The maximum Gasteiger partial charge on any atom is 0.111 e. The van der Waals surface area contributed by atoms with Gasteiger partial charge in [-0.25, -0.2) is 0 Å². The topological polar surface area (TPSA) is 90.2 Å². The van der Waals surface area contributed by atoms with Crippen molar-refractivity contribution in [1.82, 2.24) is 0 Å². The molecule has 118 valence electrons. The fraction of sp³-hybridized carbons (Fsp3) is 0.625. The summed E-state index contributed by atoms with van der Waals surface area (Å²) in [6, 6.07) is 8.00. The van der Waals surface area contributed by atoms with Gasteiger partial charge in [-0.3, -0.25) is 0 Å². The van der Waals surface area contributed by atoms with E-state index in [-0.39, 0.29) is 0 Å². The van der Waals surface area contributed by atoms with Crippen molar-refractivity contribution < 1.29 is 25.2 Å². The summed E-state index contributed by atoms with van der Waals surface area (Å²) in [4.78, 5) is 0. The molecule has 1 aromatic rings. The highest BCUT2D eigenvalue weighted by Crippen LogP contribution is 2.24. The van der Waals surface area contributed by atoms with E-state index in [9.17, 15) is 15.3 Å². The van der Waals surface area contributed by atoms with E-state index in [0.29, 0.717) is 12.3 Å². The van der Waals surface area contributed by atoms with Gasteiger partial charge in [0.1, 0.15) is 24.4 Å². The van der Waals surface area contributed by atoms with Crippen molar-refractivity contribution in [2.24, 2.45) is 0 Å². The first-order valence-corrected chi connectivity index (χ1v) is 7.33. The van der Waals surface area contributed by atoms with E-state index in [2.05, 4.69) is 13.8 Å². The molecule has 1 aliphatic heterocycles. The predicted octanol–water partition coefficient (Wildman–Crippen LogP) is 0.195. The second-order valence-corrected chi connectivity index (χ2v) is 5.97. The molecule has 0 radical (unpaired) electrons. The van der Waals surface area contributed by atoms with Crippen LogP contribution in [0, 0.1) is 0 Å². The Morgan fingerprint density at radius 3 is 2.05 bits per heavy atom. The summed E-state index contributed by atoms with van der Waals surface area (Å²) in [5.41, 5.74) is 2.20. The van der Waals surface area contributed by atoms with Crippen LogP contribution in [0.5, 0.6) is 0 Å². The molecule has 21 heavy (non-hydrogen) atoms. The lowest BCUT2D eigenvalue weighted by Gasteiger charge is -2.40. The molecule has 4 N–H and O–H groups in total. The van der Waals surface area contributed by atoms with Gasteiger partial charge in [0.05, 0.1) is 12.7 Å². The van der Waals surface area contributed by atoms with Gasteiger partial charge in [-0.05, 0) is 17.0 Å². The van der Waals surface area contributed by atoms with Crippen LogP contribution >= 0.6 is 0 Å². The number of aliphatic hydroxyl groups excluding tert-OH is 4. The predicted molar refractivity (Wildman–Crippen MR) is 78.0 cm³/mol. The van der Waals surface area contributed by atoms with Crippen LogP contribution < -0.4 is 0 Å². The molecule has 1 aliphatic rings. The van der Waals surface area contributed by atoms with Gasteiger partial charge in [0.2, 0.25) is 0 Å². The van der Waals surface area contributed by atoms with Gasteiger partial charge in [0, 0.05) is 6.42 Å². The van der Waals surface area contributed by atoms with Crippen LogP contribution in [0.3, 0.4) is 0 Å². The van der Waals surface area contributed by atoms with E-state index in [1.54, 1.807) is 0 Å². The van der Waals surface area contributed by atoms with E-state index in [1.807, 2.05) is 24.3 Å². The quantitative estimate of drug-likeness (QED) is 0.637. The number of hydrogen-bond acceptors (Lipinski definition) is 5. The molecule has 1 aromatic carbocycles. The molecule has 0 aliphatic carbocycles. The molecule has 0 bridgehead atoms. The Morgan fingerprint density at radius 1 is 0.952 bits per heavy atom. The van der Waals surface area contributed by atoms with Crippen molar-refractivity contribution >= 4 is 0 Å². The first-order chi connectivity index (χ1) is 9.93. The molecule has 1 fully saturated rings. The summed E-state index contributed by atoms with van der Waals surface area (Å²) in [6.07, 6.45) is -4.86. The Labute approximate surface area is 124 Å². The Morgan fingerprint density at radius 2 is 1.52 bits per heavy atom. The maximum atomic E-state index is 10.0. The molecule has 0 saturated carbocycles. The molecular weight excluding hydrogens is 272 g/mol. The normalized spacial score (nSPS) is 33.4. The largest absolute Gasteiger partial charge is 0.394 e. The summed E-state index contributed by atoms with van der Waals surface area (Å²) in [5.74, 6) is 0.450. The second-order valence-electron chi connectivity index (χ2n) is 5.97. The van der Waals surface area contributed by atoms with Gasteiger partial charge in [-0.2, -0.15) is 0 Å². The third-order valence-electron chi connectivity index (χ3n) is 4.07. The maximum absolute atomic E-state index is 10.0. The van der Waals surface area contributed by atoms with Crippen LogP contribution in [-0.2, 0) is 11.2 Å². The first kappa shape index (κ1) is 16.4. The van der Waals surface area contributed by atoms with E-state index in [1.165, 1.54) is 5.56 Å². The van der Waals surface area contributed by atoms with E-state index < -0.39 is 37.1 Å². The van der Waals surface area contributed by atoms with Crippen LogP contribution in [0.2, 0.25) is 0 Å². The van der Waals surface area contributed by atoms with Crippen molar-refractivity contribution in [2.45, 2.75) is 56.7 Å². The number of rotatable bonds is 4. The van der Waals surface area contributed by atoms with Gasteiger partial charge in [-0.15, -0.1) is 0 Å². The summed E-state index contributed by atoms with van der Waals surface area (Å²) in [6.45, 7) is 3.84. The van der Waals surface area contributed by atoms with Crippen molar-refractivity contribution in [3.05, 3.63) is 35.4 Å². The van der Waals surface area contributed by atoms with Crippen LogP contribution in [0.1, 0.15) is 30.9 Å². The van der Waals surface area contributed by atoms with Crippen LogP contribution in [0.15, 0.2) is 24.3 Å². The Kier molecular flexibility index (Phi) is 5.35. The van der Waals surface area contributed by atoms with Crippen molar-refractivity contribution in [3.63, 3.8) is 0 Å². The SMILES string of the molecule is CC(C)c1ccc(CC2OC(CO)C(O)C(O)C2O)cc1. The minimum atomic E-state index is -1.31. The van der Waals surface area contributed by atoms with Crippen LogP contribution in [0.4, 0.5) is 0 Å². The fourth-order valence-corrected chi connectivity index (χ4v) is 2.62. The zero-order valence-corrected chi connectivity index (χ0v) is 12.4. The highest BCUT2D eigenvalue weighted by atomic mass is 16.5. The van der Waals surface area contributed by atoms with Gasteiger partial charge >= 0.3 is 0 Å². The van der Waals surface area contributed by atoms with Crippen LogP contribution in [-0.4, -0.2) is 57.6 Å². The Hall–Kier alpha value is -0.980. The van der Waals surface area contributed by atoms with E-state index in [4.69, 9.17) is 9.84 Å². The minimum Gasteiger partial charge on any atom is -0.394 e. The van der Waals surface area contributed by atoms with Gasteiger partial charge in [-0.1, -0.05) is 38.1 Å². The summed E-state index contributed by atoms with van der Waals surface area (Å²) < 4.78 is 5.50. The monoisotopic (exact) mass is 296 g/mol. The third-order valence-corrected chi connectivity index (χ3v) is 4.07. The van der Waals surface area contributed by atoms with Crippen LogP contribution in [0.25, 0.3) is 0 Å². The Balaban J connectivity index is 2.07. The van der Waals surface area contributed by atoms with E-state index >= 15 is 0 Å². The zero-order valence-electron chi connectivity index (χ0n) is 12.4. The summed E-state index contributed by atoms with van der Waals surface area (Å²) >= 11 is 0.